The van der Waals surface area contributed by atoms with E-state index >= 15 is 0 Å². The fraction of sp³-hybridized carbons (Fsp3) is 0.316. The zero-order valence-electron chi connectivity index (χ0n) is 14.4. The van der Waals surface area contributed by atoms with E-state index < -0.39 is 9.84 Å². The zero-order valence-corrected chi connectivity index (χ0v) is 16.8. The Hall–Kier alpha value is -1.86. The van der Waals surface area contributed by atoms with Gasteiger partial charge in [0, 0.05) is 5.56 Å². The molecule has 0 spiro atoms. The van der Waals surface area contributed by atoms with Crippen LogP contribution in [0.25, 0.3) is 0 Å². The molecule has 1 aliphatic rings. The first-order valence-corrected chi connectivity index (χ1v) is 10.7. The van der Waals surface area contributed by atoms with Gasteiger partial charge >= 0.3 is 0 Å². The van der Waals surface area contributed by atoms with Gasteiger partial charge in [-0.1, -0.05) is 18.9 Å². The Labute approximate surface area is 161 Å². The number of carbonyl (C=O) groups excluding carboxylic acids is 1. The molecule has 0 bridgehead atoms. The molecular weight excluding hydrogens is 418 g/mol. The molecule has 0 heterocycles. The van der Waals surface area contributed by atoms with E-state index in [2.05, 4.69) is 21.2 Å². The monoisotopic (exact) mass is 437 g/mol. The number of methoxy groups -OCH3 is 1. The molecule has 7 heteroatoms. The smallest absolute Gasteiger partial charge is 0.255 e. The van der Waals surface area contributed by atoms with Crippen LogP contribution in [0.3, 0.4) is 0 Å². The van der Waals surface area contributed by atoms with Crippen molar-refractivity contribution in [1.29, 1.82) is 0 Å². The van der Waals surface area contributed by atoms with Gasteiger partial charge in [-0.15, -0.1) is 0 Å². The molecule has 1 saturated carbocycles. The zero-order chi connectivity index (χ0) is 18.7. The molecule has 1 N–H and O–H groups in total. The minimum Gasteiger partial charge on any atom is -0.495 e. The van der Waals surface area contributed by atoms with Gasteiger partial charge in [0.15, 0.2) is 9.84 Å². The highest BCUT2D eigenvalue weighted by Crippen LogP contribution is 2.33. The first kappa shape index (κ1) is 18.9. The second-order valence-electron chi connectivity index (χ2n) is 6.25. The molecule has 0 aliphatic heterocycles. The van der Waals surface area contributed by atoms with Crippen molar-refractivity contribution in [3.05, 3.63) is 52.5 Å². The first-order valence-electron chi connectivity index (χ1n) is 8.41. The summed E-state index contributed by atoms with van der Waals surface area (Å²) in [6.07, 6.45) is 3.35. The quantitative estimate of drug-likeness (QED) is 0.750. The standard InChI is InChI=1S/C19H20BrNO4S/c1-25-17-8-4-7-16(18(17)20)21-19(22)13-9-11-15(12-10-13)26(23,24)14-5-2-3-6-14/h4,7-12,14H,2-3,5-6H2,1H3,(H,21,22). The Morgan fingerprint density at radius 2 is 1.77 bits per heavy atom. The highest BCUT2D eigenvalue weighted by atomic mass is 79.9. The summed E-state index contributed by atoms with van der Waals surface area (Å²) in [6, 6.07) is 11.4. The van der Waals surface area contributed by atoms with Crippen LogP contribution in [0.1, 0.15) is 36.0 Å². The van der Waals surface area contributed by atoms with Crippen LogP contribution in [0.2, 0.25) is 0 Å². The lowest BCUT2D eigenvalue weighted by Crippen LogP contribution is -2.18. The number of rotatable bonds is 5. The van der Waals surface area contributed by atoms with Crippen LogP contribution in [0.4, 0.5) is 5.69 Å². The SMILES string of the molecule is COc1cccc(NC(=O)c2ccc(S(=O)(=O)C3CCCC3)cc2)c1Br. The van der Waals surface area contributed by atoms with Gasteiger partial charge in [-0.3, -0.25) is 4.79 Å². The average Bonchev–Trinajstić information content (AvgIpc) is 3.19. The summed E-state index contributed by atoms with van der Waals surface area (Å²) < 4.78 is 31.1. The number of hydrogen-bond acceptors (Lipinski definition) is 4. The first-order chi connectivity index (χ1) is 12.4. The van der Waals surface area contributed by atoms with E-state index in [1.54, 1.807) is 37.4 Å². The van der Waals surface area contributed by atoms with Gasteiger partial charge in [0.1, 0.15) is 5.75 Å². The number of amides is 1. The molecule has 1 fully saturated rings. The summed E-state index contributed by atoms with van der Waals surface area (Å²) >= 11 is 3.40. The fourth-order valence-corrected chi connectivity index (χ4v) is 5.53. The predicted octanol–water partition coefficient (Wildman–Crippen LogP) is 4.43. The van der Waals surface area contributed by atoms with Gasteiger partial charge < -0.3 is 10.1 Å². The van der Waals surface area contributed by atoms with Crippen molar-refractivity contribution in [2.45, 2.75) is 35.8 Å². The van der Waals surface area contributed by atoms with Crippen molar-refractivity contribution in [2.75, 3.05) is 12.4 Å². The summed E-state index contributed by atoms with van der Waals surface area (Å²) in [5.41, 5.74) is 0.974. The van der Waals surface area contributed by atoms with Crippen LogP contribution in [0.5, 0.6) is 5.75 Å². The van der Waals surface area contributed by atoms with Gasteiger partial charge in [-0.2, -0.15) is 0 Å². The van der Waals surface area contributed by atoms with Crippen LogP contribution >= 0.6 is 15.9 Å². The van der Waals surface area contributed by atoms with E-state index in [1.165, 1.54) is 12.1 Å². The molecule has 2 aromatic carbocycles. The Morgan fingerprint density at radius 1 is 1.12 bits per heavy atom. The van der Waals surface area contributed by atoms with Gasteiger partial charge in [0.05, 0.1) is 27.4 Å². The molecule has 0 unspecified atom stereocenters. The van der Waals surface area contributed by atoms with E-state index in [1.807, 2.05) is 0 Å². The van der Waals surface area contributed by atoms with Crippen LogP contribution < -0.4 is 10.1 Å². The summed E-state index contributed by atoms with van der Waals surface area (Å²) in [6.45, 7) is 0. The summed E-state index contributed by atoms with van der Waals surface area (Å²) in [5, 5.41) is 2.50. The van der Waals surface area contributed by atoms with Gasteiger partial charge in [0.2, 0.25) is 0 Å². The number of nitrogens with one attached hydrogen (secondary N) is 1. The minimum atomic E-state index is -3.31. The molecule has 0 radical (unpaired) electrons. The summed E-state index contributed by atoms with van der Waals surface area (Å²) in [7, 11) is -1.76. The molecule has 0 saturated heterocycles. The predicted molar refractivity (Wildman–Crippen MR) is 105 cm³/mol. The number of benzene rings is 2. The van der Waals surface area contributed by atoms with Gasteiger partial charge in [-0.25, -0.2) is 8.42 Å². The van der Waals surface area contributed by atoms with Gasteiger partial charge in [-0.05, 0) is 65.2 Å². The molecule has 1 aliphatic carbocycles. The fourth-order valence-electron chi connectivity index (χ4n) is 3.15. The number of carbonyl (C=O) groups is 1. The maximum Gasteiger partial charge on any atom is 0.255 e. The van der Waals surface area contributed by atoms with E-state index in [0.717, 1.165) is 12.8 Å². The molecule has 0 aromatic heterocycles. The summed E-state index contributed by atoms with van der Waals surface area (Å²) in [5.74, 6) is 0.296. The largest absolute Gasteiger partial charge is 0.495 e. The molecular formula is C19H20BrNO4S. The Bertz CT molecular complexity index is 904. The van der Waals surface area contributed by atoms with E-state index in [9.17, 15) is 13.2 Å². The van der Waals surface area contributed by atoms with Crippen LogP contribution in [-0.4, -0.2) is 26.7 Å². The molecule has 2 aromatic rings. The molecule has 5 nitrogen and oxygen atoms in total. The van der Waals surface area contributed by atoms with Crippen molar-refractivity contribution < 1.29 is 17.9 Å². The van der Waals surface area contributed by atoms with Crippen LogP contribution in [0.15, 0.2) is 51.8 Å². The third-order valence-electron chi connectivity index (χ3n) is 4.62. The lowest BCUT2D eigenvalue weighted by Gasteiger charge is -2.12. The van der Waals surface area contributed by atoms with Crippen molar-refractivity contribution in [2.24, 2.45) is 0 Å². The molecule has 26 heavy (non-hydrogen) atoms. The highest BCUT2D eigenvalue weighted by Gasteiger charge is 2.30. The highest BCUT2D eigenvalue weighted by molar-refractivity contribution is 9.10. The van der Waals surface area contributed by atoms with Gasteiger partial charge in [0.25, 0.3) is 5.91 Å². The lowest BCUT2D eigenvalue weighted by atomic mass is 10.2. The number of hydrogen-bond donors (Lipinski definition) is 1. The average molecular weight is 438 g/mol. The molecule has 138 valence electrons. The third-order valence-corrected chi connectivity index (χ3v) is 7.71. The second kappa shape index (κ2) is 7.80. The van der Waals surface area contributed by atoms with Crippen molar-refractivity contribution >= 4 is 37.4 Å². The number of halogens is 1. The topological polar surface area (TPSA) is 72.5 Å². The number of ether oxygens (including phenoxy) is 1. The second-order valence-corrected chi connectivity index (χ2v) is 9.27. The third kappa shape index (κ3) is 3.78. The maximum absolute atomic E-state index is 12.6. The number of anilines is 1. The summed E-state index contributed by atoms with van der Waals surface area (Å²) in [4.78, 5) is 12.7. The van der Waals surface area contributed by atoms with E-state index in [0.29, 0.717) is 34.3 Å². The van der Waals surface area contributed by atoms with Crippen molar-refractivity contribution in [1.82, 2.24) is 0 Å². The van der Waals surface area contributed by atoms with Crippen molar-refractivity contribution in [3.8, 4) is 5.75 Å². The Morgan fingerprint density at radius 3 is 2.38 bits per heavy atom. The van der Waals surface area contributed by atoms with E-state index in [4.69, 9.17) is 4.74 Å². The Balaban J connectivity index is 1.77. The van der Waals surface area contributed by atoms with Crippen LogP contribution in [-0.2, 0) is 9.84 Å². The molecule has 0 atom stereocenters. The number of sulfone groups is 1. The maximum atomic E-state index is 12.6. The van der Waals surface area contributed by atoms with Crippen LogP contribution in [0, 0.1) is 0 Å². The molecule has 1 amide bonds. The van der Waals surface area contributed by atoms with Crippen molar-refractivity contribution in [3.63, 3.8) is 0 Å². The van der Waals surface area contributed by atoms with E-state index in [-0.39, 0.29) is 16.1 Å². The minimum absolute atomic E-state index is 0.281. The lowest BCUT2D eigenvalue weighted by molar-refractivity contribution is 0.102. The Kier molecular flexibility index (Phi) is 5.67. The normalized spacial score (nSPS) is 15.0. The molecule has 3 rings (SSSR count).